The van der Waals surface area contributed by atoms with Gasteiger partial charge in [-0.25, -0.2) is 4.98 Å². The van der Waals surface area contributed by atoms with Crippen molar-refractivity contribution in [2.45, 2.75) is 38.0 Å². The number of hydrogen-bond donors (Lipinski definition) is 0. The summed E-state index contributed by atoms with van der Waals surface area (Å²) in [5.74, 6) is 1.72. The molecule has 0 radical (unpaired) electrons. The molecule has 1 aliphatic heterocycles. The summed E-state index contributed by atoms with van der Waals surface area (Å²) in [7, 11) is 0. The number of aryl methyl sites for hydroxylation is 1. The zero-order chi connectivity index (χ0) is 21.7. The largest absolute Gasteiger partial charge is 0.339 e. The van der Waals surface area contributed by atoms with E-state index in [9.17, 15) is 4.79 Å². The van der Waals surface area contributed by atoms with Crippen LogP contribution in [0.3, 0.4) is 0 Å². The van der Waals surface area contributed by atoms with Crippen LogP contribution >= 0.6 is 11.3 Å². The van der Waals surface area contributed by atoms with Crippen LogP contribution in [0.5, 0.6) is 0 Å². The molecule has 2 aromatic carbocycles. The standard InChI is InChI=1S/C25H22N4O2S/c1-15-2-10-20(11-3-15)29-13-19(12-22(29)30)24-27-23(28-31-24)17-6-4-16(5-7-17)21-14-32-25(26-21)18-8-9-18/h2-7,10-11,14,18-19H,8-9,12-13H2,1H3. The molecule has 1 atom stereocenters. The van der Waals surface area contributed by atoms with Gasteiger partial charge in [0.1, 0.15) is 0 Å². The average Bonchev–Trinajstić information content (AvgIpc) is 3.20. The molecule has 2 aliphatic rings. The number of rotatable bonds is 5. The molecular formula is C25H22N4O2S. The van der Waals surface area contributed by atoms with E-state index in [2.05, 4.69) is 27.7 Å². The van der Waals surface area contributed by atoms with Crippen molar-refractivity contribution in [3.05, 3.63) is 70.4 Å². The summed E-state index contributed by atoms with van der Waals surface area (Å²) in [6.07, 6.45) is 2.91. The number of thiazole rings is 1. The van der Waals surface area contributed by atoms with Gasteiger partial charge >= 0.3 is 0 Å². The normalized spacial score (nSPS) is 18.5. The van der Waals surface area contributed by atoms with Gasteiger partial charge < -0.3 is 9.42 Å². The third-order valence-electron chi connectivity index (χ3n) is 6.15. The lowest BCUT2D eigenvalue weighted by Crippen LogP contribution is -2.24. The fourth-order valence-corrected chi connectivity index (χ4v) is 5.09. The third kappa shape index (κ3) is 3.62. The van der Waals surface area contributed by atoms with Crippen LogP contribution in [-0.2, 0) is 4.79 Å². The van der Waals surface area contributed by atoms with E-state index in [4.69, 9.17) is 9.51 Å². The van der Waals surface area contributed by atoms with Crippen LogP contribution in [-0.4, -0.2) is 27.6 Å². The Labute approximate surface area is 189 Å². The molecule has 0 bridgehead atoms. The molecule has 1 saturated heterocycles. The fourth-order valence-electron chi connectivity index (χ4n) is 4.09. The van der Waals surface area contributed by atoms with Gasteiger partial charge in [-0.2, -0.15) is 4.98 Å². The summed E-state index contributed by atoms with van der Waals surface area (Å²) in [5.41, 5.74) is 5.09. The maximum Gasteiger partial charge on any atom is 0.232 e. The van der Waals surface area contributed by atoms with Crippen LogP contribution in [0.25, 0.3) is 22.6 Å². The number of nitrogens with zero attached hydrogens (tertiary/aromatic N) is 4. The molecule has 1 amide bonds. The van der Waals surface area contributed by atoms with E-state index in [0.717, 1.165) is 22.5 Å². The fraction of sp³-hybridized carbons (Fsp3) is 0.280. The van der Waals surface area contributed by atoms with Crippen LogP contribution in [0.15, 0.2) is 58.4 Å². The summed E-state index contributed by atoms with van der Waals surface area (Å²) in [4.78, 5) is 23.8. The Morgan fingerprint density at radius 1 is 0.969 bits per heavy atom. The molecular weight excluding hydrogens is 420 g/mol. The van der Waals surface area contributed by atoms with Crippen molar-refractivity contribution >= 4 is 22.9 Å². The third-order valence-corrected chi connectivity index (χ3v) is 7.16. The quantitative estimate of drug-likeness (QED) is 0.404. The molecule has 3 heterocycles. The van der Waals surface area contributed by atoms with Crippen LogP contribution in [0, 0.1) is 6.92 Å². The highest BCUT2D eigenvalue weighted by molar-refractivity contribution is 7.10. The van der Waals surface area contributed by atoms with Gasteiger partial charge in [0.05, 0.1) is 16.6 Å². The highest BCUT2D eigenvalue weighted by atomic mass is 32.1. The number of carbonyl (C=O) groups is 1. The van der Waals surface area contributed by atoms with Crippen LogP contribution in [0.2, 0.25) is 0 Å². The van der Waals surface area contributed by atoms with E-state index in [-0.39, 0.29) is 11.8 Å². The van der Waals surface area contributed by atoms with Crippen molar-refractivity contribution in [3.63, 3.8) is 0 Å². The summed E-state index contributed by atoms with van der Waals surface area (Å²) in [6.45, 7) is 2.59. The Hall–Kier alpha value is -3.32. The molecule has 1 aliphatic carbocycles. The number of hydrogen-bond acceptors (Lipinski definition) is 6. The molecule has 32 heavy (non-hydrogen) atoms. The zero-order valence-electron chi connectivity index (χ0n) is 17.7. The SMILES string of the molecule is Cc1ccc(N2CC(c3nc(-c4ccc(-c5csc(C6CC6)n5)cc4)no3)CC2=O)cc1. The lowest BCUT2D eigenvalue weighted by molar-refractivity contribution is -0.117. The number of aromatic nitrogens is 3. The molecule has 2 fully saturated rings. The number of amides is 1. The monoisotopic (exact) mass is 442 g/mol. The van der Waals surface area contributed by atoms with E-state index >= 15 is 0 Å². The highest BCUT2D eigenvalue weighted by Gasteiger charge is 2.35. The van der Waals surface area contributed by atoms with E-state index in [0.29, 0.717) is 30.6 Å². The van der Waals surface area contributed by atoms with E-state index in [1.165, 1.54) is 23.4 Å². The second kappa shape index (κ2) is 7.67. The van der Waals surface area contributed by atoms with Crippen molar-refractivity contribution in [2.75, 3.05) is 11.4 Å². The van der Waals surface area contributed by atoms with Crippen molar-refractivity contribution in [1.82, 2.24) is 15.1 Å². The van der Waals surface area contributed by atoms with Gasteiger partial charge in [-0.3, -0.25) is 4.79 Å². The van der Waals surface area contributed by atoms with Gasteiger partial charge in [0.15, 0.2) is 0 Å². The minimum atomic E-state index is -0.0971. The van der Waals surface area contributed by atoms with Crippen molar-refractivity contribution in [3.8, 4) is 22.6 Å². The zero-order valence-corrected chi connectivity index (χ0v) is 18.5. The molecule has 6 rings (SSSR count). The summed E-state index contributed by atoms with van der Waals surface area (Å²) >= 11 is 1.75. The molecule has 1 saturated carbocycles. The molecule has 6 nitrogen and oxygen atoms in total. The van der Waals surface area contributed by atoms with Crippen LogP contribution in [0.1, 0.15) is 47.6 Å². The topological polar surface area (TPSA) is 72.1 Å². The molecule has 0 spiro atoms. The lowest BCUT2D eigenvalue weighted by Gasteiger charge is -2.16. The minimum absolute atomic E-state index is 0.0804. The minimum Gasteiger partial charge on any atom is -0.339 e. The van der Waals surface area contributed by atoms with Crippen LogP contribution < -0.4 is 4.90 Å². The van der Waals surface area contributed by atoms with Crippen molar-refractivity contribution in [2.24, 2.45) is 0 Å². The Bertz CT molecular complexity index is 1270. The molecule has 7 heteroatoms. The van der Waals surface area contributed by atoms with Gasteiger partial charge in [0.2, 0.25) is 17.6 Å². The Balaban J connectivity index is 1.18. The first-order valence-electron chi connectivity index (χ1n) is 10.9. The van der Waals surface area contributed by atoms with Gasteiger partial charge in [-0.1, -0.05) is 47.1 Å². The summed E-state index contributed by atoms with van der Waals surface area (Å²) in [5, 5.41) is 7.55. The Morgan fingerprint density at radius 3 is 2.47 bits per heavy atom. The number of anilines is 1. The van der Waals surface area contributed by atoms with Gasteiger partial charge in [-0.05, 0) is 31.9 Å². The maximum absolute atomic E-state index is 12.6. The maximum atomic E-state index is 12.6. The smallest absolute Gasteiger partial charge is 0.232 e. The Morgan fingerprint density at radius 2 is 1.72 bits per heavy atom. The number of benzene rings is 2. The first kappa shape index (κ1) is 19.4. The second-order valence-corrected chi connectivity index (χ2v) is 9.51. The van der Waals surface area contributed by atoms with Crippen LogP contribution in [0.4, 0.5) is 5.69 Å². The summed E-state index contributed by atoms with van der Waals surface area (Å²) in [6, 6.07) is 16.1. The van der Waals surface area contributed by atoms with E-state index < -0.39 is 0 Å². The van der Waals surface area contributed by atoms with E-state index in [1.807, 2.05) is 43.3 Å². The predicted molar refractivity (Wildman–Crippen MR) is 124 cm³/mol. The molecule has 1 unspecified atom stereocenters. The summed E-state index contributed by atoms with van der Waals surface area (Å²) < 4.78 is 5.56. The highest BCUT2D eigenvalue weighted by Crippen LogP contribution is 2.42. The predicted octanol–water partition coefficient (Wildman–Crippen LogP) is 5.57. The average molecular weight is 443 g/mol. The number of carbonyl (C=O) groups excluding carboxylic acids is 1. The van der Waals surface area contributed by atoms with Crippen molar-refractivity contribution in [1.29, 1.82) is 0 Å². The van der Waals surface area contributed by atoms with Crippen molar-refractivity contribution < 1.29 is 9.32 Å². The molecule has 4 aromatic rings. The second-order valence-electron chi connectivity index (χ2n) is 8.62. The lowest BCUT2D eigenvalue weighted by atomic mass is 10.1. The van der Waals surface area contributed by atoms with Gasteiger partial charge in [-0.15, -0.1) is 11.3 Å². The van der Waals surface area contributed by atoms with E-state index in [1.54, 1.807) is 16.2 Å². The molecule has 2 aromatic heterocycles. The first-order valence-corrected chi connectivity index (χ1v) is 11.8. The molecule has 0 N–H and O–H groups in total. The Kier molecular flexibility index (Phi) is 4.64. The van der Waals surface area contributed by atoms with Gasteiger partial charge in [0, 0.05) is 41.1 Å². The first-order chi connectivity index (χ1) is 15.6. The molecule has 160 valence electrons. The van der Waals surface area contributed by atoms with Gasteiger partial charge in [0.25, 0.3) is 0 Å².